The number of benzene rings is 1. The normalized spacial score (nSPS) is 11.8. The van der Waals surface area contributed by atoms with Gasteiger partial charge in [-0.05, 0) is 31.4 Å². The molecule has 1 heterocycles. The second-order valence-electron chi connectivity index (χ2n) is 6.50. The molecule has 1 unspecified atom stereocenters. The molecular weight excluding hydrogens is 360 g/mol. The first kappa shape index (κ1) is 21.5. The minimum atomic E-state index is -0.385. The fourth-order valence-electron chi connectivity index (χ4n) is 2.76. The van der Waals surface area contributed by atoms with Crippen molar-refractivity contribution >= 4 is 11.8 Å². The number of hydrogen-bond donors (Lipinski definition) is 3. The quantitative estimate of drug-likeness (QED) is 0.472. The molecule has 5 N–H and O–H groups in total. The Hall–Kier alpha value is -2.78. The van der Waals surface area contributed by atoms with Crippen LogP contribution < -0.4 is 16.8 Å². The highest BCUT2D eigenvalue weighted by Gasteiger charge is 2.26. The van der Waals surface area contributed by atoms with Crippen molar-refractivity contribution in [3.63, 3.8) is 0 Å². The summed E-state index contributed by atoms with van der Waals surface area (Å²) in [6, 6.07) is 9.45. The molecule has 9 nitrogen and oxygen atoms in total. The number of nitrogens with one attached hydrogen (secondary N) is 1. The first-order chi connectivity index (χ1) is 13.5. The maximum absolute atomic E-state index is 12.5. The van der Waals surface area contributed by atoms with Crippen molar-refractivity contribution in [2.45, 2.75) is 31.7 Å². The summed E-state index contributed by atoms with van der Waals surface area (Å²) in [7, 11) is 1.66. The standard InChI is InChI=1S/C19H28N6O3/c1-25(18(27)13-22-17(26)12-21)15(9-5-6-10-20)19-23-16(24-28-19)11-14-7-3-2-4-8-14/h2-4,7-8,15H,5-6,9-13,20-21H2,1H3,(H,22,26). The summed E-state index contributed by atoms with van der Waals surface area (Å²) >= 11 is 0. The molecule has 1 aromatic carbocycles. The fraction of sp³-hybridized carbons (Fsp3) is 0.474. The summed E-state index contributed by atoms with van der Waals surface area (Å²) in [6.07, 6.45) is 2.82. The maximum atomic E-state index is 12.5. The number of nitrogens with zero attached hydrogens (tertiary/aromatic N) is 3. The van der Waals surface area contributed by atoms with Crippen LogP contribution in [-0.4, -0.2) is 53.5 Å². The summed E-state index contributed by atoms with van der Waals surface area (Å²) in [5, 5.41) is 6.54. The van der Waals surface area contributed by atoms with Crippen LogP contribution in [0.25, 0.3) is 0 Å². The topological polar surface area (TPSA) is 140 Å². The number of hydrogen-bond acceptors (Lipinski definition) is 7. The SMILES string of the molecule is CN(C(=O)CNC(=O)CN)C(CCCCN)c1nc(Cc2ccccc2)no1. The lowest BCUT2D eigenvalue weighted by molar-refractivity contribution is -0.134. The molecule has 28 heavy (non-hydrogen) atoms. The van der Waals surface area contributed by atoms with E-state index in [4.69, 9.17) is 16.0 Å². The third-order valence-corrected chi connectivity index (χ3v) is 4.39. The van der Waals surface area contributed by atoms with Crippen molar-refractivity contribution in [2.24, 2.45) is 11.5 Å². The Labute approximate surface area is 164 Å². The van der Waals surface area contributed by atoms with E-state index in [0.29, 0.717) is 31.1 Å². The predicted octanol–water partition coefficient (Wildman–Crippen LogP) is 0.364. The van der Waals surface area contributed by atoms with Gasteiger partial charge in [0.15, 0.2) is 5.82 Å². The average Bonchev–Trinajstić information content (AvgIpc) is 3.17. The molecule has 0 spiro atoms. The van der Waals surface area contributed by atoms with Crippen molar-refractivity contribution in [3.8, 4) is 0 Å². The van der Waals surface area contributed by atoms with Gasteiger partial charge in [0, 0.05) is 13.5 Å². The summed E-state index contributed by atoms with van der Waals surface area (Å²) in [4.78, 5) is 29.8. The van der Waals surface area contributed by atoms with Crippen LogP contribution in [0.1, 0.15) is 42.6 Å². The second-order valence-corrected chi connectivity index (χ2v) is 6.50. The zero-order valence-corrected chi connectivity index (χ0v) is 16.1. The second kappa shape index (κ2) is 11.2. The van der Waals surface area contributed by atoms with Gasteiger partial charge < -0.3 is 26.2 Å². The smallest absolute Gasteiger partial charge is 0.249 e. The van der Waals surface area contributed by atoms with Gasteiger partial charge in [-0.15, -0.1) is 0 Å². The molecule has 0 radical (unpaired) electrons. The van der Waals surface area contributed by atoms with Crippen LogP contribution >= 0.6 is 0 Å². The van der Waals surface area contributed by atoms with E-state index in [1.807, 2.05) is 30.3 Å². The van der Waals surface area contributed by atoms with E-state index in [1.165, 1.54) is 4.90 Å². The van der Waals surface area contributed by atoms with Crippen molar-refractivity contribution in [3.05, 3.63) is 47.6 Å². The lowest BCUT2D eigenvalue weighted by Crippen LogP contribution is -2.41. The van der Waals surface area contributed by atoms with E-state index in [-0.39, 0.29) is 30.9 Å². The molecule has 0 fully saturated rings. The van der Waals surface area contributed by atoms with E-state index in [9.17, 15) is 9.59 Å². The number of amides is 2. The molecule has 0 aliphatic carbocycles. The van der Waals surface area contributed by atoms with E-state index >= 15 is 0 Å². The van der Waals surface area contributed by atoms with Gasteiger partial charge >= 0.3 is 0 Å². The van der Waals surface area contributed by atoms with Gasteiger partial charge in [-0.3, -0.25) is 9.59 Å². The van der Waals surface area contributed by atoms with Crippen molar-refractivity contribution in [1.29, 1.82) is 0 Å². The van der Waals surface area contributed by atoms with Gasteiger partial charge in [-0.25, -0.2) is 0 Å². The highest BCUT2D eigenvalue weighted by Crippen LogP contribution is 2.24. The van der Waals surface area contributed by atoms with Crippen LogP contribution in [0.4, 0.5) is 0 Å². The third-order valence-electron chi connectivity index (χ3n) is 4.39. The summed E-state index contributed by atoms with van der Waals surface area (Å²) in [6.45, 7) is 0.272. The van der Waals surface area contributed by atoms with Crippen LogP contribution in [0, 0.1) is 0 Å². The number of likely N-dealkylation sites (N-methyl/N-ethyl adjacent to an activating group) is 1. The molecule has 9 heteroatoms. The van der Waals surface area contributed by atoms with E-state index in [2.05, 4.69) is 15.5 Å². The molecule has 0 aliphatic rings. The van der Waals surface area contributed by atoms with Crippen LogP contribution in [0.2, 0.25) is 0 Å². The molecule has 2 rings (SSSR count). The van der Waals surface area contributed by atoms with Gasteiger partial charge in [0.1, 0.15) is 6.04 Å². The number of carbonyl (C=O) groups is 2. The van der Waals surface area contributed by atoms with Gasteiger partial charge in [-0.1, -0.05) is 35.5 Å². The Morgan fingerprint density at radius 2 is 1.96 bits per heavy atom. The average molecular weight is 388 g/mol. The van der Waals surface area contributed by atoms with E-state index in [1.54, 1.807) is 7.05 Å². The summed E-state index contributed by atoms with van der Waals surface area (Å²) < 4.78 is 5.45. The fourth-order valence-corrected chi connectivity index (χ4v) is 2.76. The molecule has 1 atom stereocenters. The van der Waals surface area contributed by atoms with Crippen LogP contribution in [0.5, 0.6) is 0 Å². The molecule has 0 saturated carbocycles. The maximum Gasteiger partial charge on any atom is 0.249 e. The van der Waals surface area contributed by atoms with Crippen molar-refractivity contribution in [1.82, 2.24) is 20.4 Å². The predicted molar refractivity (Wildman–Crippen MR) is 104 cm³/mol. The lowest BCUT2D eigenvalue weighted by atomic mass is 10.1. The highest BCUT2D eigenvalue weighted by molar-refractivity contribution is 5.85. The minimum absolute atomic E-state index is 0.134. The highest BCUT2D eigenvalue weighted by atomic mass is 16.5. The molecule has 2 amide bonds. The number of unbranched alkanes of at least 4 members (excludes halogenated alkanes) is 1. The van der Waals surface area contributed by atoms with Gasteiger partial charge in [-0.2, -0.15) is 4.98 Å². The number of aromatic nitrogens is 2. The molecule has 1 aromatic heterocycles. The molecule has 2 aromatic rings. The van der Waals surface area contributed by atoms with Gasteiger partial charge in [0.25, 0.3) is 0 Å². The van der Waals surface area contributed by atoms with Gasteiger partial charge in [0.2, 0.25) is 17.7 Å². The monoisotopic (exact) mass is 388 g/mol. The number of carbonyl (C=O) groups excluding carboxylic acids is 2. The minimum Gasteiger partial charge on any atom is -0.346 e. The Kier molecular flexibility index (Phi) is 8.57. The first-order valence-electron chi connectivity index (χ1n) is 9.34. The van der Waals surface area contributed by atoms with Crippen LogP contribution in [0.15, 0.2) is 34.9 Å². The summed E-state index contributed by atoms with van der Waals surface area (Å²) in [5.74, 6) is 0.290. The third kappa shape index (κ3) is 6.43. The van der Waals surface area contributed by atoms with Gasteiger partial charge in [0.05, 0.1) is 13.1 Å². The molecule has 0 bridgehead atoms. The Morgan fingerprint density at radius 1 is 1.21 bits per heavy atom. The Balaban J connectivity index is 2.08. The van der Waals surface area contributed by atoms with Crippen LogP contribution in [-0.2, 0) is 16.0 Å². The van der Waals surface area contributed by atoms with Crippen molar-refractivity contribution in [2.75, 3.05) is 26.7 Å². The van der Waals surface area contributed by atoms with E-state index in [0.717, 1.165) is 18.4 Å². The molecular formula is C19H28N6O3. The molecule has 0 aliphatic heterocycles. The largest absolute Gasteiger partial charge is 0.346 e. The molecule has 0 saturated heterocycles. The van der Waals surface area contributed by atoms with Crippen LogP contribution in [0.3, 0.4) is 0 Å². The first-order valence-corrected chi connectivity index (χ1v) is 9.34. The summed E-state index contributed by atoms with van der Waals surface area (Å²) in [5.41, 5.74) is 11.9. The number of rotatable bonds is 11. The lowest BCUT2D eigenvalue weighted by Gasteiger charge is -2.25. The Morgan fingerprint density at radius 3 is 2.64 bits per heavy atom. The Bertz CT molecular complexity index is 749. The van der Waals surface area contributed by atoms with Crippen molar-refractivity contribution < 1.29 is 14.1 Å². The number of nitrogens with two attached hydrogens (primary N) is 2. The zero-order valence-electron chi connectivity index (χ0n) is 16.1. The van der Waals surface area contributed by atoms with E-state index < -0.39 is 0 Å². The zero-order chi connectivity index (χ0) is 20.4. The molecule has 152 valence electrons.